The highest BCUT2D eigenvalue weighted by Crippen LogP contribution is 2.25. The molecule has 0 bridgehead atoms. The molecule has 1 aliphatic heterocycles. The first kappa shape index (κ1) is 16.9. The zero-order valence-electron chi connectivity index (χ0n) is 13.2. The van der Waals surface area contributed by atoms with E-state index in [9.17, 15) is 18.3 Å². The Hall–Kier alpha value is -1.93. The largest absolute Gasteiger partial charge is 0.393 e. The minimum absolute atomic E-state index is 0.00840. The van der Waals surface area contributed by atoms with E-state index in [1.165, 1.54) is 0 Å². The Balaban J connectivity index is 1.74. The van der Waals surface area contributed by atoms with Crippen LogP contribution in [0, 0.1) is 17.5 Å². The molecule has 0 amide bonds. The van der Waals surface area contributed by atoms with Crippen LogP contribution < -0.4 is 0 Å². The first-order chi connectivity index (χ1) is 11.4. The lowest BCUT2D eigenvalue weighted by Crippen LogP contribution is -2.31. The molecule has 0 radical (unpaired) electrons. The van der Waals surface area contributed by atoms with Crippen LogP contribution >= 0.6 is 0 Å². The summed E-state index contributed by atoms with van der Waals surface area (Å²) in [5.74, 6) is -3.80. The molecule has 0 saturated carbocycles. The second kappa shape index (κ2) is 6.90. The molecule has 2 atom stereocenters. The Bertz CT molecular complexity index is 697. The van der Waals surface area contributed by atoms with Gasteiger partial charge < -0.3 is 9.63 Å². The minimum atomic E-state index is -1.53. The number of hydrogen-bond donors (Lipinski definition) is 1. The number of likely N-dealkylation sites (tertiary alicyclic amines) is 1. The summed E-state index contributed by atoms with van der Waals surface area (Å²) in [6.45, 7) is 3.00. The van der Waals surface area contributed by atoms with Crippen LogP contribution in [-0.2, 0) is 6.54 Å². The average Bonchev–Trinajstić information content (AvgIpc) is 3.14. The van der Waals surface area contributed by atoms with Crippen LogP contribution in [0.3, 0.4) is 0 Å². The van der Waals surface area contributed by atoms with E-state index < -0.39 is 17.5 Å². The fourth-order valence-corrected chi connectivity index (χ4v) is 3.06. The van der Waals surface area contributed by atoms with Crippen molar-refractivity contribution in [1.82, 2.24) is 15.0 Å². The number of aliphatic hydroxyl groups excluding tert-OH is 1. The molecule has 1 saturated heterocycles. The number of rotatable bonds is 5. The van der Waals surface area contributed by atoms with Crippen LogP contribution in [-0.4, -0.2) is 38.8 Å². The van der Waals surface area contributed by atoms with E-state index in [0.29, 0.717) is 18.9 Å². The van der Waals surface area contributed by atoms with Gasteiger partial charge in [0, 0.05) is 11.6 Å². The van der Waals surface area contributed by atoms with Gasteiger partial charge in [0.05, 0.1) is 12.6 Å². The van der Waals surface area contributed by atoms with Gasteiger partial charge >= 0.3 is 0 Å². The van der Waals surface area contributed by atoms with Gasteiger partial charge in [-0.2, -0.15) is 4.98 Å². The van der Waals surface area contributed by atoms with Gasteiger partial charge in [-0.25, -0.2) is 13.2 Å². The van der Waals surface area contributed by atoms with Gasteiger partial charge in [0.25, 0.3) is 0 Å². The summed E-state index contributed by atoms with van der Waals surface area (Å²) in [5.41, 5.74) is 0.0170. The Kier molecular flexibility index (Phi) is 4.86. The first-order valence-corrected chi connectivity index (χ1v) is 7.83. The zero-order valence-corrected chi connectivity index (χ0v) is 13.2. The molecule has 8 heteroatoms. The van der Waals surface area contributed by atoms with Gasteiger partial charge in [0.1, 0.15) is 0 Å². The Labute approximate surface area is 137 Å². The van der Waals surface area contributed by atoms with Crippen molar-refractivity contribution < 1.29 is 22.8 Å². The van der Waals surface area contributed by atoms with Crippen LogP contribution in [0.1, 0.15) is 32.1 Å². The molecule has 2 heterocycles. The predicted octanol–water partition coefficient (Wildman–Crippen LogP) is 2.89. The molecule has 3 rings (SSSR count). The molecule has 1 N–H and O–H groups in total. The van der Waals surface area contributed by atoms with Gasteiger partial charge in [0.2, 0.25) is 11.7 Å². The SMILES string of the molecule is CC(O)CC1CCCN1Cc1nc(-c2cc(F)c(F)c(F)c2)no1. The van der Waals surface area contributed by atoms with Gasteiger partial charge in [-0.3, -0.25) is 4.90 Å². The highest BCUT2D eigenvalue weighted by atomic mass is 19.2. The van der Waals surface area contributed by atoms with Crippen molar-refractivity contribution in [1.29, 1.82) is 0 Å². The van der Waals surface area contributed by atoms with Crippen molar-refractivity contribution in [2.45, 2.75) is 44.9 Å². The van der Waals surface area contributed by atoms with Crippen molar-refractivity contribution in [2.24, 2.45) is 0 Å². The molecule has 5 nitrogen and oxygen atoms in total. The maximum Gasteiger partial charge on any atom is 0.241 e. The Morgan fingerprint density at radius 2 is 2.04 bits per heavy atom. The summed E-state index contributed by atoms with van der Waals surface area (Å²) >= 11 is 0. The lowest BCUT2D eigenvalue weighted by atomic mass is 10.1. The first-order valence-electron chi connectivity index (χ1n) is 7.83. The van der Waals surface area contributed by atoms with E-state index in [0.717, 1.165) is 31.5 Å². The summed E-state index contributed by atoms with van der Waals surface area (Å²) in [6, 6.07) is 1.90. The van der Waals surface area contributed by atoms with Crippen LogP contribution in [0.25, 0.3) is 11.4 Å². The molecule has 2 aromatic rings. The standard InChI is InChI=1S/C16H18F3N3O2/c1-9(23)5-11-3-2-4-22(11)8-14-20-16(21-24-14)10-6-12(17)15(19)13(18)7-10/h6-7,9,11,23H,2-5,8H2,1H3. The van der Waals surface area contributed by atoms with Crippen LogP contribution in [0.15, 0.2) is 16.7 Å². The van der Waals surface area contributed by atoms with E-state index in [4.69, 9.17) is 4.52 Å². The maximum atomic E-state index is 13.3. The highest BCUT2D eigenvalue weighted by Gasteiger charge is 2.27. The normalized spacial score (nSPS) is 19.8. The van der Waals surface area contributed by atoms with Crippen molar-refractivity contribution in [3.05, 3.63) is 35.5 Å². The molecule has 2 unspecified atom stereocenters. The monoisotopic (exact) mass is 341 g/mol. The quantitative estimate of drug-likeness (QED) is 0.848. The van der Waals surface area contributed by atoms with Gasteiger partial charge in [0.15, 0.2) is 17.5 Å². The molecule has 130 valence electrons. The number of hydrogen-bond acceptors (Lipinski definition) is 5. The van der Waals surface area contributed by atoms with Crippen LogP contribution in [0.5, 0.6) is 0 Å². The molecule has 1 aliphatic rings. The van der Waals surface area contributed by atoms with E-state index in [-0.39, 0.29) is 23.5 Å². The average molecular weight is 341 g/mol. The smallest absolute Gasteiger partial charge is 0.241 e. The summed E-state index contributed by atoms with van der Waals surface area (Å²) in [4.78, 5) is 6.27. The lowest BCUT2D eigenvalue weighted by Gasteiger charge is -2.23. The number of benzene rings is 1. The fourth-order valence-electron chi connectivity index (χ4n) is 3.06. The van der Waals surface area contributed by atoms with Gasteiger partial charge in [-0.1, -0.05) is 5.16 Å². The van der Waals surface area contributed by atoms with E-state index >= 15 is 0 Å². The molecular weight excluding hydrogens is 323 g/mol. The van der Waals surface area contributed by atoms with Crippen molar-refractivity contribution in [2.75, 3.05) is 6.54 Å². The second-order valence-corrected chi connectivity index (χ2v) is 6.12. The Morgan fingerprint density at radius 3 is 2.71 bits per heavy atom. The number of aromatic nitrogens is 2. The fraction of sp³-hybridized carbons (Fsp3) is 0.500. The van der Waals surface area contributed by atoms with Crippen molar-refractivity contribution >= 4 is 0 Å². The summed E-state index contributed by atoms with van der Waals surface area (Å²) in [7, 11) is 0. The third-order valence-electron chi connectivity index (χ3n) is 4.16. The number of halogens is 3. The molecule has 1 fully saturated rings. The highest BCUT2D eigenvalue weighted by molar-refractivity contribution is 5.54. The predicted molar refractivity (Wildman–Crippen MR) is 79.3 cm³/mol. The molecule has 24 heavy (non-hydrogen) atoms. The maximum absolute atomic E-state index is 13.3. The van der Waals surface area contributed by atoms with Crippen LogP contribution in [0.2, 0.25) is 0 Å². The van der Waals surface area contributed by atoms with Crippen molar-refractivity contribution in [3.8, 4) is 11.4 Å². The molecular formula is C16H18F3N3O2. The molecule has 0 spiro atoms. The van der Waals surface area contributed by atoms with Crippen LogP contribution in [0.4, 0.5) is 13.2 Å². The Morgan fingerprint density at radius 1 is 1.33 bits per heavy atom. The molecule has 1 aromatic carbocycles. The molecule has 1 aromatic heterocycles. The van der Waals surface area contributed by atoms with Gasteiger partial charge in [-0.15, -0.1) is 0 Å². The topological polar surface area (TPSA) is 62.4 Å². The zero-order chi connectivity index (χ0) is 17.3. The summed E-state index contributed by atoms with van der Waals surface area (Å²) < 4.78 is 44.7. The second-order valence-electron chi connectivity index (χ2n) is 6.12. The van der Waals surface area contributed by atoms with Crippen molar-refractivity contribution in [3.63, 3.8) is 0 Å². The van der Waals surface area contributed by atoms with E-state index in [1.54, 1.807) is 6.92 Å². The number of nitrogens with zero attached hydrogens (tertiary/aromatic N) is 3. The molecule has 0 aliphatic carbocycles. The third-order valence-corrected chi connectivity index (χ3v) is 4.16. The van der Waals surface area contributed by atoms with E-state index in [1.807, 2.05) is 0 Å². The summed E-state index contributed by atoms with van der Waals surface area (Å²) in [5, 5.41) is 13.3. The van der Waals surface area contributed by atoms with Gasteiger partial charge in [-0.05, 0) is 44.9 Å². The van der Waals surface area contributed by atoms with E-state index in [2.05, 4.69) is 15.0 Å². The minimum Gasteiger partial charge on any atom is -0.393 e. The lowest BCUT2D eigenvalue weighted by molar-refractivity contribution is 0.124. The third kappa shape index (κ3) is 3.59. The number of aliphatic hydroxyl groups is 1. The summed E-state index contributed by atoms with van der Waals surface area (Å²) in [6.07, 6.45) is 2.28.